The number of amides is 3. The summed E-state index contributed by atoms with van der Waals surface area (Å²) < 4.78 is 5.72. The lowest BCUT2D eigenvalue weighted by molar-refractivity contribution is -0.128. The van der Waals surface area contributed by atoms with Gasteiger partial charge in [0.05, 0.1) is 7.11 Å². The van der Waals surface area contributed by atoms with E-state index in [0.29, 0.717) is 19.6 Å². The summed E-state index contributed by atoms with van der Waals surface area (Å²) in [6.07, 6.45) is 13.4. The molecule has 3 N–H and O–H groups in total. The summed E-state index contributed by atoms with van der Waals surface area (Å²) in [6.45, 7) is 16.2. The largest absolute Gasteiger partial charge is 0.496 e. The van der Waals surface area contributed by atoms with Crippen LogP contribution in [0.5, 0.6) is 5.75 Å². The number of benzene rings is 1. The third-order valence-electron chi connectivity index (χ3n) is 5.94. The van der Waals surface area contributed by atoms with E-state index in [1.807, 2.05) is 34.6 Å². The predicted molar refractivity (Wildman–Crippen MR) is 151 cm³/mol. The highest BCUT2D eigenvalue weighted by Crippen LogP contribution is 2.36. The molecule has 0 fully saturated rings. The van der Waals surface area contributed by atoms with Crippen molar-refractivity contribution in [2.24, 2.45) is 5.41 Å². The van der Waals surface area contributed by atoms with Crippen molar-refractivity contribution in [3.8, 4) is 5.75 Å². The van der Waals surface area contributed by atoms with E-state index in [4.69, 9.17) is 4.74 Å². The molecule has 0 saturated carbocycles. The second-order valence-corrected chi connectivity index (χ2v) is 10.5. The van der Waals surface area contributed by atoms with Crippen molar-refractivity contribution in [1.29, 1.82) is 0 Å². The van der Waals surface area contributed by atoms with Crippen molar-refractivity contribution in [3.05, 3.63) is 59.7 Å². The zero-order chi connectivity index (χ0) is 27.2. The zero-order valence-corrected chi connectivity index (χ0v) is 23.6. The molecule has 0 bridgehead atoms. The van der Waals surface area contributed by atoms with E-state index in [2.05, 4.69) is 78.4 Å². The van der Waals surface area contributed by atoms with Crippen LogP contribution < -0.4 is 20.7 Å². The van der Waals surface area contributed by atoms with Crippen LogP contribution in [0.1, 0.15) is 78.9 Å². The smallest absolute Gasteiger partial charge is 0.314 e. The van der Waals surface area contributed by atoms with E-state index in [1.54, 1.807) is 7.11 Å². The highest BCUT2D eigenvalue weighted by Gasteiger charge is 2.24. The lowest BCUT2D eigenvalue weighted by Gasteiger charge is -2.27. The Kier molecular flexibility index (Phi) is 13.1. The number of hydrogen-bond acceptors (Lipinski definition) is 3. The Morgan fingerprint density at radius 3 is 2.19 bits per heavy atom. The minimum absolute atomic E-state index is 0.00983. The number of methoxy groups -OCH3 is 1. The van der Waals surface area contributed by atoms with Crippen LogP contribution in [-0.2, 0) is 10.2 Å². The van der Waals surface area contributed by atoms with Crippen LogP contribution in [0.4, 0.5) is 4.79 Å². The number of allylic oxidation sites excluding steroid dienone is 6. The molecular weight excluding hydrogens is 450 g/mol. The molecule has 0 spiro atoms. The summed E-state index contributed by atoms with van der Waals surface area (Å²) in [7, 11) is 1.74. The van der Waals surface area contributed by atoms with Crippen LogP contribution in [0.15, 0.2) is 48.6 Å². The summed E-state index contributed by atoms with van der Waals surface area (Å²) >= 11 is 0. The second-order valence-electron chi connectivity index (χ2n) is 10.5. The van der Waals surface area contributed by atoms with Crippen LogP contribution in [0.25, 0.3) is 5.57 Å². The lowest BCUT2D eigenvalue weighted by atomic mass is 9.79. The van der Waals surface area contributed by atoms with E-state index in [-0.39, 0.29) is 22.8 Å². The molecule has 1 aliphatic rings. The highest BCUT2D eigenvalue weighted by atomic mass is 16.5. The molecule has 200 valence electrons. The first-order valence-electron chi connectivity index (χ1n) is 13.0. The summed E-state index contributed by atoms with van der Waals surface area (Å²) in [5, 5.41) is 8.24. The molecule has 0 aromatic heterocycles. The number of carbonyl (C=O) groups excluding carboxylic acids is 2. The normalized spacial score (nSPS) is 13.1. The number of nitrogens with one attached hydrogen (secondary N) is 3. The molecule has 6 nitrogen and oxygen atoms in total. The zero-order valence-electron chi connectivity index (χ0n) is 23.6. The van der Waals surface area contributed by atoms with Crippen molar-refractivity contribution in [3.63, 3.8) is 0 Å². The highest BCUT2D eigenvalue weighted by molar-refractivity contribution is 5.81. The first-order valence-corrected chi connectivity index (χ1v) is 13.0. The average Bonchev–Trinajstić information content (AvgIpc) is 3.11. The van der Waals surface area contributed by atoms with Crippen LogP contribution in [-0.4, -0.2) is 38.7 Å². The Labute approximate surface area is 218 Å². The van der Waals surface area contributed by atoms with Gasteiger partial charge in [-0.15, -0.1) is 0 Å². The van der Waals surface area contributed by atoms with Gasteiger partial charge < -0.3 is 20.7 Å². The minimum Gasteiger partial charge on any atom is -0.496 e. The van der Waals surface area contributed by atoms with E-state index in [0.717, 1.165) is 30.6 Å². The van der Waals surface area contributed by atoms with Gasteiger partial charge in [-0.05, 0) is 55.7 Å². The van der Waals surface area contributed by atoms with E-state index >= 15 is 0 Å². The van der Waals surface area contributed by atoms with Gasteiger partial charge in [0.1, 0.15) is 5.75 Å². The molecule has 0 unspecified atom stereocenters. The molecule has 1 aromatic rings. The van der Waals surface area contributed by atoms with Crippen LogP contribution in [0, 0.1) is 5.41 Å². The summed E-state index contributed by atoms with van der Waals surface area (Å²) in [6, 6.07) is 6.47. The van der Waals surface area contributed by atoms with Gasteiger partial charge in [-0.2, -0.15) is 0 Å². The molecule has 0 saturated heterocycles. The van der Waals surface area contributed by atoms with E-state index in [9.17, 15) is 9.59 Å². The average molecular weight is 498 g/mol. The Bertz CT molecular complexity index is 929. The fraction of sp³-hybridized carbons (Fsp3) is 0.533. The molecular formula is C30H47N3O3. The van der Waals surface area contributed by atoms with Gasteiger partial charge >= 0.3 is 6.03 Å². The first kappa shape index (κ1) is 31.0. The molecule has 1 aromatic carbocycles. The second kappa shape index (κ2) is 15.2. The predicted octanol–water partition coefficient (Wildman–Crippen LogP) is 6.14. The number of carbonyl (C=O) groups is 2. The van der Waals surface area contributed by atoms with Gasteiger partial charge in [0.2, 0.25) is 5.91 Å². The van der Waals surface area contributed by atoms with Gasteiger partial charge in [0, 0.05) is 30.6 Å². The molecule has 0 aliphatic heterocycles. The number of rotatable bonds is 9. The Morgan fingerprint density at radius 1 is 0.944 bits per heavy atom. The van der Waals surface area contributed by atoms with Gasteiger partial charge in [-0.25, -0.2) is 4.79 Å². The van der Waals surface area contributed by atoms with Gasteiger partial charge in [0.15, 0.2) is 0 Å². The molecule has 36 heavy (non-hydrogen) atoms. The van der Waals surface area contributed by atoms with Crippen LogP contribution >= 0.6 is 0 Å². The van der Waals surface area contributed by atoms with E-state index in [1.165, 1.54) is 11.1 Å². The molecule has 3 amide bonds. The summed E-state index contributed by atoms with van der Waals surface area (Å²) in [4.78, 5) is 22.4. The molecule has 1 aliphatic carbocycles. The summed E-state index contributed by atoms with van der Waals surface area (Å²) in [5.74, 6) is 1.03. The minimum atomic E-state index is -0.338. The SMILES string of the molecule is CCNC(=O)NCC.COc1cc(C(C)(C)CCCNC(=O)C(C)(C)C)ccc1C1=CC=CC=CC1. The van der Waals surface area contributed by atoms with Crippen LogP contribution in [0.3, 0.4) is 0 Å². The maximum atomic E-state index is 12.0. The fourth-order valence-corrected chi connectivity index (χ4v) is 3.68. The monoisotopic (exact) mass is 497 g/mol. The molecule has 6 heteroatoms. The summed E-state index contributed by atoms with van der Waals surface area (Å²) in [5.41, 5.74) is 3.34. The number of ether oxygens (including phenoxy) is 1. The molecule has 0 heterocycles. The fourth-order valence-electron chi connectivity index (χ4n) is 3.68. The van der Waals surface area contributed by atoms with Crippen molar-refractivity contribution < 1.29 is 14.3 Å². The van der Waals surface area contributed by atoms with Crippen LogP contribution in [0.2, 0.25) is 0 Å². The third kappa shape index (κ3) is 10.7. The first-order chi connectivity index (χ1) is 17.0. The number of hydrogen-bond donors (Lipinski definition) is 3. The maximum absolute atomic E-state index is 12.0. The Balaban J connectivity index is 0.000000697. The third-order valence-corrected chi connectivity index (χ3v) is 5.94. The van der Waals surface area contributed by atoms with Gasteiger partial charge in [-0.1, -0.05) is 77.1 Å². The van der Waals surface area contributed by atoms with Gasteiger partial charge in [-0.3, -0.25) is 4.79 Å². The van der Waals surface area contributed by atoms with Crippen molar-refractivity contribution >= 4 is 17.5 Å². The van der Waals surface area contributed by atoms with Crippen molar-refractivity contribution in [2.75, 3.05) is 26.7 Å². The van der Waals surface area contributed by atoms with Crippen molar-refractivity contribution in [1.82, 2.24) is 16.0 Å². The Morgan fingerprint density at radius 2 is 1.61 bits per heavy atom. The number of urea groups is 1. The maximum Gasteiger partial charge on any atom is 0.314 e. The standard InChI is InChI=1S/C25H35NO2.C5H12N2O/c1-24(2,3)23(27)26-17-11-16-25(4,5)20-14-15-21(22(18-20)28-6)19-12-9-7-8-10-13-19;1-3-6-5(8)7-4-2/h7-10,12,14-15,18H,11,13,16-17H2,1-6H3,(H,26,27);3-4H2,1-2H3,(H2,6,7,8). The van der Waals surface area contributed by atoms with E-state index < -0.39 is 0 Å². The molecule has 2 rings (SSSR count). The quantitative estimate of drug-likeness (QED) is 0.359. The Hall–Kier alpha value is -3.02. The van der Waals surface area contributed by atoms with Gasteiger partial charge in [0.25, 0.3) is 0 Å². The van der Waals surface area contributed by atoms with Crippen molar-refractivity contribution in [2.45, 2.75) is 73.1 Å². The molecule has 0 radical (unpaired) electrons. The molecule has 0 atom stereocenters. The topological polar surface area (TPSA) is 79.5 Å². The lowest BCUT2D eigenvalue weighted by Crippen LogP contribution is -2.35.